The number of rotatable bonds is 7. The minimum absolute atomic E-state index is 0.453. The minimum Gasteiger partial charge on any atom is -0.493 e. The molecular formula is C19H23N3O3. The molecule has 0 saturated heterocycles. The van der Waals surface area contributed by atoms with Crippen LogP contribution in [0.1, 0.15) is 32.3 Å². The molecule has 0 fully saturated rings. The van der Waals surface area contributed by atoms with Crippen molar-refractivity contribution in [1.29, 1.82) is 0 Å². The number of hydrogen-bond acceptors (Lipinski definition) is 4. The molecule has 6 heteroatoms. The van der Waals surface area contributed by atoms with Crippen LogP contribution in [-0.4, -0.2) is 31.2 Å². The number of hydrogen-bond donors (Lipinski definition) is 2. The van der Waals surface area contributed by atoms with Crippen molar-refractivity contribution in [2.24, 2.45) is 5.10 Å². The molecule has 0 unspecified atom stereocenters. The number of fused-ring (bicyclic) bond motifs is 1. The van der Waals surface area contributed by atoms with E-state index in [-0.39, 0.29) is 0 Å². The molecule has 0 aromatic heterocycles. The Hall–Kier alpha value is -2.89. The summed E-state index contributed by atoms with van der Waals surface area (Å²) in [6, 6.07) is 11.7. The summed E-state index contributed by atoms with van der Waals surface area (Å²) in [6.45, 7) is 4.98. The molecular weight excluding hydrogens is 318 g/mol. The van der Waals surface area contributed by atoms with E-state index < -0.39 is 11.8 Å². The Morgan fingerprint density at radius 3 is 2.64 bits per heavy atom. The average Bonchev–Trinajstić information content (AvgIpc) is 2.64. The normalized spacial score (nSPS) is 10.8. The van der Waals surface area contributed by atoms with Gasteiger partial charge in [0.1, 0.15) is 5.75 Å². The summed E-state index contributed by atoms with van der Waals surface area (Å²) in [5, 5.41) is 8.43. The summed E-state index contributed by atoms with van der Waals surface area (Å²) in [5.41, 5.74) is 3.02. The third-order valence-electron chi connectivity index (χ3n) is 3.49. The fourth-order valence-electron chi connectivity index (χ4n) is 2.27. The highest BCUT2D eigenvalue weighted by Crippen LogP contribution is 2.26. The van der Waals surface area contributed by atoms with Gasteiger partial charge in [0.25, 0.3) is 0 Å². The Kier molecular flexibility index (Phi) is 6.95. The van der Waals surface area contributed by atoms with Crippen LogP contribution in [-0.2, 0) is 9.59 Å². The monoisotopic (exact) mass is 341 g/mol. The summed E-state index contributed by atoms with van der Waals surface area (Å²) in [4.78, 5) is 23.2. The largest absolute Gasteiger partial charge is 0.493 e. The van der Waals surface area contributed by atoms with Crippen LogP contribution in [0.5, 0.6) is 5.75 Å². The fraction of sp³-hybridized carbons (Fsp3) is 0.316. The van der Waals surface area contributed by atoms with Crippen molar-refractivity contribution >= 4 is 28.8 Å². The lowest BCUT2D eigenvalue weighted by atomic mass is 10.0. The lowest BCUT2D eigenvalue weighted by Crippen LogP contribution is -2.38. The number of ether oxygens (including phenoxy) is 1. The molecule has 2 aromatic rings. The van der Waals surface area contributed by atoms with Gasteiger partial charge in [0, 0.05) is 12.1 Å². The smallest absolute Gasteiger partial charge is 0.329 e. The molecule has 0 atom stereocenters. The lowest BCUT2D eigenvalue weighted by Gasteiger charge is -2.11. The zero-order valence-corrected chi connectivity index (χ0v) is 14.5. The molecule has 6 nitrogen and oxygen atoms in total. The van der Waals surface area contributed by atoms with Gasteiger partial charge in [0.15, 0.2) is 0 Å². The van der Waals surface area contributed by atoms with Gasteiger partial charge >= 0.3 is 11.8 Å². The molecule has 25 heavy (non-hydrogen) atoms. The predicted molar refractivity (Wildman–Crippen MR) is 98.8 cm³/mol. The Morgan fingerprint density at radius 1 is 1.08 bits per heavy atom. The van der Waals surface area contributed by atoms with Crippen LogP contribution in [0.2, 0.25) is 0 Å². The highest BCUT2D eigenvalue weighted by atomic mass is 16.5. The van der Waals surface area contributed by atoms with Crippen molar-refractivity contribution in [1.82, 2.24) is 10.7 Å². The van der Waals surface area contributed by atoms with Crippen LogP contribution in [0.4, 0.5) is 0 Å². The van der Waals surface area contributed by atoms with Crippen LogP contribution in [0, 0.1) is 0 Å². The molecule has 2 N–H and O–H groups in total. The first-order chi connectivity index (χ1) is 12.2. The molecule has 2 rings (SSSR count). The summed E-state index contributed by atoms with van der Waals surface area (Å²) in [7, 11) is 0. The molecule has 2 amide bonds. The molecule has 0 bridgehead atoms. The zero-order valence-electron chi connectivity index (χ0n) is 14.5. The molecule has 132 valence electrons. The molecule has 0 saturated carbocycles. The van der Waals surface area contributed by atoms with Crippen LogP contribution >= 0.6 is 0 Å². The van der Waals surface area contributed by atoms with Crippen molar-refractivity contribution in [3.63, 3.8) is 0 Å². The second-order valence-electron chi connectivity index (χ2n) is 5.50. The van der Waals surface area contributed by atoms with Gasteiger partial charge in [-0.3, -0.25) is 9.59 Å². The molecule has 0 aliphatic rings. The highest BCUT2D eigenvalue weighted by molar-refractivity contribution is 6.35. The van der Waals surface area contributed by atoms with E-state index in [4.69, 9.17) is 4.74 Å². The van der Waals surface area contributed by atoms with Crippen LogP contribution in [0.25, 0.3) is 10.8 Å². The van der Waals surface area contributed by atoms with Crippen molar-refractivity contribution in [2.75, 3.05) is 13.2 Å². The molecule has 0 heterocycles. The Morgan fingerprint density at radius 2 is 1.88 bits per heavy atom. The van der Waals surface area contributed by atoms with E-state index in [1.165, 1.54) is 6.21 Å². The van der Waals surface area contributed by atoms with Crippen LogP contribution in [0.15, 0.2) is 41.5 Å². The van der Waals surface area contributed by atoms with Gasteiger partial charge in [-0.2, -0.15) is 5.10 Å². The summed E-state index contributed by atoms with van der Waals surface area (Å²) in [6.07, 6.45) is 3.16. The van der Waals surface area contributed by atoms with Crippen LogP contribution < -0.4 is 15.5 Å². The highest BCUT2D eigenvalue weighted by Gasteiger charge is 2.11. The van der Waals surface area contributed by atoms with Crippen molar-refractivity contribution in [3.05, 3.63) is 42.0 Å². The molecule has 0 radical (unpaired) electrons. The molecule has 0 aliphatic heterocycles. The first-order valence-electron chi connectivity index (χ1n) is 8.43. The van der Waals surface area contributed by atoms with Crippen molar-refractivity contribution in [2.45, 2.75) is 26.7 Å². The van der Waals surface area contributed by atoms with Gasteiger partial charge < -0.3 is 10.1 Å². The predicted octanol–water partition coefficient (Wildman–Crippen LogP) is 2.60. The number of hydrazone groups is 1. The summed E-state index contributed by atoms with van der Waals surface area (Å²) in [5.74, 6) is -0.797. The second kappa shape index (κ2) is 9.42. The van der Waals surface area contributed by atoms with Crippen LogP contribution in [0.3, 0.4) is 0 Å². The van der Waals surface area contributed by atoms with Gasteiger partial charge in [-0.1, -0.05) is 44.2 Å². The minimum atomic E-state index is -0.791. The summed E-state index contributed by atoms with van der Waals surface area (Å²) < 4.78 is 5.77. The SMILES string of the molecule is CCCNC(=O)C(=O)N/N=C\c1c(OCCC)ccc2ccccc12. The van der Waals surface area contributed by atoms with Gasteiger partial charge in [0.05, 0.1) is 12.8 Å². The quantitative estimate of drug-likeness (QED) is 0.461. The van der Waals surface area contributed by atoms with Gasteiger partial charge in [-0.05, 0) is 29.7 Å². The number of carbonyl (C=O) groups excluding carboxylic acids is 2. The first kappa shape index (κ1) is 18.4. The Balaban J connectivity index is 2.20. The number of amides is 2. The zero-order chi connectivity index (χ0) is 18.1. The molecule has 2 aromatic carbocycles. The average molecular weight is 341 g/mol. The lowest BCUT2D eigenvalue weighted by molar-refractivity contribution is -0.139. The number of nitrogens with one attached hydrogen (secondary N) is 2. The van der Waals surface area contributed by atoms with E-state index in [0.717, 1.165) is 29.2 Å². The third kappa shape index (κ3) is 5.04. The maximum absolute atomic E-state index is 11.7. The Bertz CT molecular complexity index is 772. The van der Waals surface area contributed by atoms with E-state index in [1.54, 1.807) is 0 Å². The summed E-state index contributed by atoms with van der Waals surface area (Å²) >= 11 is 0. The molecule has 0 aliphatic carbocycles. The van der Waals surface area contributed by atoms with E-state index in [2.05, 4.69) is 15.8 Å². The van der Waals surface area contributed by atoms with E-state index >= 15 is 0 Å². The number of carbonyl (C=O) groups is 2. The third-order valence-corrected chi connectivity index (χ3v) is 3.49. The first-order valence-corrected chi connectivity index (χ1v) is 8.43. The Labute approximate surface area is 147 Å². The number of benzene rings is 2. The topological polar surface area (TPSA) is 79.8 Å². The van der Waals surface area contributed by atoms with Gasteiger partial charge in [-0.15, -0.1) is 0 Å². The second-order valence-corrected chi connectivity index (χ2v) is 5.50. The van der Waals surface area contributed by atoms with E-state index in [1.807, 2.05) is 50.2 Å². The van der Waals surface area contributed by atoms with Gasteiger partial charge in [-0.25, -0.2) is 5.43 Å². The maximum Gasteiger partial charge on any atom is 0.329 e. The molecule has 0 spiro atoms. The van der Waals surface area contributed by atoms with Gasteiger partial charge in [0.2, 0.25) is 0 Å². The maximum atomic E-state index is 11.7. The van der Waals surface area contributed by atoms with Crippen molar-refractivity contribution in [3.8, 4) is 5.75 Å². The number of nitrogens with zero attached hydrogens (tertiary/aromatic N) is 1. The fourth-order valence-corrected chi connectivity index (χ4v) is 2.27. The van der Waals surface area contributed by atoms with Crippen molar-refractivity contribution < 1.29 is 14.3 Å². The van der Waals surface area contributed by atoms with E-state index in [9.17, 15) is 9.59 Å². The van der Waals surface area contributed by atoms with E-state index in [0.29, 0.717) is 18.9 Å². The standard InChI is InChI=1S/C19H23N3O3/c1-3-11-20-18(23)19(24)22-21-13-16-15-8-6-5-7-14(15)9-10-17(16)25-12-4-2/h5-10,13H,3-4,11-12H2,1-2H3,(H,20,23)(H,22,24)/b21-13-.